The van der Waals surface area contributed by atoms with E-state index in [9.17, 15) is 9.59 Å². The average molecular weight is 376 g/mol. The lowest BCUT2D eigenvalue weighted by Gasteiger charge is -2.09. The topological polar surface area (TPSA) is 104 Å². The summed E-state index contributed by atoms with van der Waals surface area (Å²) in [4.78, 5) is 31.8. The van der Waals surface area contributed by atoms with Crippen LogP contribution in [0.25, 0.3) is 0 Å². The number of anilines is 2. The molecule has 1 aromatic heterocycles. The zero-order chi connectivity index (χ0) is 20.1. The van der Waals surface area contributed by atoms with Crippen molar-refractivity contribution in [2.24, 2.45) is 0 Å². The second kappa shape index (κ2) is 8.30. The molecule has 2 aromatic carbocycles. The monoisotopic (exact) mass is 376 g/mol. The largest absolute Gasteiger partial charge is 0.478 e. The molecule has 0 bridgehead atoms. The highest BCUT2D eigenvalue weighted by atomic mass is 16.4. The van der Waals surface area contributed by atoms with Gasteiger partial charge in [0.15, 0.2) is 0 Å². The first kappa shape index (κ1) is 19.0. The van der Waals surface area contributed by atoms with Gasteiger partial charge in [-0.3, -0.25) is 4.79 Å². The van der Waals surface area contributed by atoms with Crippen molar-refractivity contribution >= 4 is 23.5 Å². The Morgan fingerprint density at radius 2 is 1.46 bits per heavy atom. The maximum Gasteiger partial charge on any atom is 0.335 e. The average Bonchev–Trinajstić information content (AvgIpc) is 2.66. The maximum atomic E-state index is 12.3. The number of aryl methyl sites for hydroxylation is 2. The predicted molar refractivity (Wildman–Crippen MR) is 106 cm³/mol. The Balaban J connectivity index is 1.59. The van der Waals surface area contributed by atoms with Crippen LogP contribution in [0.1, 0.15) is 37.7 Å². The van der Waals surface area contributed by atoms with Crippen LogP contribution in [0.3, 0.4) is 0 Å². The Labute approximate surface area is 162 Å². The number of aromatic carboxylic acids is 1. The molecular weight excluding hydrogens is 356 g/mol. The third kappa shape index (κ3) is 4.91. The molecule has 7 nitrogen and oxygen atoms in total. The van der Waals surface area contributed by atoms with Gasteiger partial charge in [0.2, 0.25) is 5.95 Å². The predicted octanol–water partition coefficient (Wildman–Crippen LogP) is 3.47. The molecule has 0 radical (unpaired) electrons. The Morgan fingerprint density at radius 3 is 2.04 bits per heavy atom. The van der Waals surface area contributed by atoms with Crippen LogP contribution in [0.15, 0.2) is 54.6 Å². The van der Waals surface area contributed by atoms with Crippen molar-refractivity contribution in [2.75, 3.05) is 5.32 Å². The fourth-order valence-electron chi connectivity index (χ4n) is 2.67. The van der Waals surface area contributed by atoms with Crippen molar-refractivity contribution in [2.45, 2.75) is 20.4 Å². The Morgan fingerprint density at radius 1 is 0.893 bits per heavy atom. The van der Waals surface area contributed by atoms with Crippen LogP contribution >= 0.6 is 0 Å². The highest BCUT2D eigenvalue weighted by Gasteiger charge is 2.07. The first-order chi connectivity index (χ1) is 13.4. The number of nitrogens with zero attached hydrogens (tertiary/aromatic N) is 2. The number of carboxylic acids is 1. The van der Waals surface area contributed by atoms with Crippen LogP contribution in [0, 0.1) is 13.8 Å². The van der Waals surface area contributed by atoms with Gasteiger partial charge in [0.25, 0.3) is 5.91 Å². The second-order valence-electron chi connectivity index (χ2n) is 6.36. The lowest BCUT2D eigenvalue weighted by Crippen LogP contribution is -2.22. The van der Waals surface area contributed by atoms with Crippen molar-refractivity contribution in [3.63, 3.8) is 0 Å². The van der Waals surface area contributed by atoms with Crippen molar-refractivity contribution in [3.8, 4) is 0 Å². The summed E-state index contributed by atoms with van der Waals surface area (Å²) in [7, 11) is 0. The van der Waals surface area contributed by atoms with Gasteiger partial charge in [-0.05, 0) is 61.9 Å². The molecule has 0 unspecified atom stereocenters. The summed E-state index contributed by atoms with van der Waals surface area (Å²) in [6.45, 7) is 4.13. The lowest BCUT2D eigenvalue weighted by molar-refractivity contribution is 0.0696. The van der Waals surface area contributed by atoms with Gasteiger partial charge in [-0.1, -0.05) is 12.1 Å². The number of rotatable bonds is 6. The number of nitrogens with one attached hydrogen (secondary N) is 2. The second-order valence-corrected chi connectivity index (χ2v) is 6.36. The first-order valence-electron chi connectivity index (χ1n) is 8.70. The van der Waals surface area contributed by atoms with Gasteiger partial charge in [0.05, 0.1) is 5.56 Å². The molecule has 0 saturated heterocycles. The zero-order valence-electron chi connectivity index (χ0n) is 15.6. The van der Waals surface area contributed by atoms with E-state index in [1.807, 2.05) is 19.9 Å². The molecule has 0 aliphatic carbocycles. The number of hydrogen-bond acceptors (Lipinski definition) is 5. The van der Waals surface area contributed by atoms with Crippen molar-refractivity contribution in [3.05, 3.63) is 82.7 Å². The van der Waals surface area contributed by atoms with E-state index < -0.39 is 5.97 Å². The number of amides is 1. The normalized spacial score (nSPS) is 10.4. The smallest absolute Gasteiger partial charge is 0.335 e. The molecule has 0 saturated carbocycles. The molecular formula is C21H20N4O3. The van der Waals surface area contributed by atoms with Gasteiger partial charge in [-0.15, -0.1) is 0 Å². The first-order valence-corrected chi connectivity index (χ1v) is 8.70. The van der Waals surface area contributed by atoms with Crippen molar-refractivity contribution in [1.82, 2.24) is 15.3 Å². The number of hydrogen-bond donors (Lipinski definition) is 3. The minimum atomic E-state index is -0.976. The molecule has 28 heavy (non-hydrogen) atoms. The minimum absolute atomic E-state index is 0.212. The molecule has 3 aromatic rings. The van der Waals surface area contributed by atoms with E-state index in [-0.39, 0.29) is 11.5 Å². The Kier molecular flexibility index (Phi) is 5.64. The van der Waals surface area contributed by atoms with Gasteiger partial charge < -0.3 is 15.7 Å². The van der Waals surface area contributed by atoms with Crippen LogP contribution in [0.2, 0.25) is 0 Å². The van der Waals surface area contributed by atoms with Crippen LogP contribution < -0.4 is 10.6 Å². The quantitative estimate of drug-likeness (QED) is 0.609. The molecule has 3 N–H and O–H groups in total. The summed E-state index contributed by atoms with van der Waals surface area (Å²) in [5.74, 6) is -0.675. The molecule has 142 valence electrons. The summed E-state index contributed by atoms with van der Waals surface area (Å²) < 4.78 is 0. The van der Waals surface area contributed by atoms with E-state index in [0.717, 1.165) is 22.6 Å². The maximum absolute atomic E-state index is 12.3. The molecule has 7 heteroatoms. The van der Waals surface area contributed by atoms with Crippen LogP contribution in [0.4, 0.5) is 11.6 Å². The highest BCUT2D eigenvalue weighted by Crippen LogP contribution is 2.15. The number of aromatic nitrogens is 2. The highest BCUT2D eigenvalue weighted by molar-refractivity contribution is 5.94. The zero-order valence-corrected chi connectivity index (χ0v) is 15.6. The molecule has 0 aliphatic heterocycles. The van der Waals surface area contributed by atoms with E-state index in [1.54, 1.807) is 36.4 Å². The minimum Gasteiger partial charge on any atom is -0.478 e. The fraction of sp³-hybridized carbons (Fsp3) is 0.143. The molecule has 0 spiro atoms. The van der Waals surface area contributed by atoms with Gasteiger partial charge in [-0.2, -0.15) is 0 Å². The summed E-state index contributed by atoms with van der Waals surface area (Å²) in [5.41, 5.74) is 4.10. The van der Waals surface area contributed by atoms with E-state index in [4.69, 9.17) is 5.11 Å². The van der Waals surface area contributed by atoms with Crippen molar-refractivity contribution < 1.29 is 14.7 Å². The van der Waals surface area contributed by atoms with Crippen molar-refractivity contribution in [1.29, 1.82) is 0 Å². The molecule has 1 amide bonds. The third-order valence-corrected chi connectivity index (χ3v) is 4.04. The molecule has 3 rings (SSSR count). The van der Waals surface area contributed by atoms with Gasteiger partial charge in [-0.25, -0.2) is 14.8 Å². The van der Waals surface area contributed by atoms with E-state index >= 15 is 0 Å². The van der Waals surface area contributed by atoms with Crippen LogP contribution in [-0.2, 0) is 6.54 Å². The summed E-state index contributed by atoms with van der Waals surface area (Å²) in [6.07, 6.45) is 0. The van der Waals surface area contributed by atoms with Gasteiger partial charge in [0.1, 0.15) is 0 Å². The number of carbonyl (C=O) groups is 2. The summed E-state index contributed by atoms with van der Waals surface area (Å²) in [6, 6.07) is 15.3. The van der Waals surface area contributed by atoms with E-state index in [0.29, 0.717) is 18.1 Å². The van der Waals surface area contributed by atoms with Crippen LogP contribution in [-0.4, -0.2) is 27.0 Å². The molecule has 1 heterocycles. The SMILES string of the molecule is Cc1cc(C)nc(Nc2ccc(C(=O)NCc3ccc(C(=O)O)cc3)cc2)n1. The van der Waals surface area contributed by atoms with E-state index in [2.05, 4.69) is 20.6 Å². The lowest BCUT2D eigenvalue weighted by atomic mass is 10.1. The molecule has 0 aliphatic rings. The van der Waals surface area contributed by atoms with Gasteiger partial charge >= 0.3 is 5.97 Å². The van der Waals surface area contributed by atoms with Gasteiger partial charge in [0, 0.05) is 29.2 Å². The Bertz CT molecular complexity index is 979. The standard InChI is InChI=1S/C21H20N4O3/c1-13-11-14(2)24-21(23-13)25-18-9-7-16(8-10-18)19(26)22-12-15-3-5-17(6-4-15)20(27)28/h3-11H,12H2,1-2H3,(H,22,26)(H,27,28)(H,23,24,25). The number of carboxylic acid groups (broad SMARTS) is 1. The van der Waals surface area contributed by atoms with E-state index in [1.165, 1.54) is 12.1 Å². The molecule has 0 atom stereocenters. The Hall–Kier alpha value is -3.74. The number of carbonyl (C=O) groups excluding carboxylic acids is 1. The summed E-state index contributed by atoms with van der Waals surface area (Å²) >= 11 is 0. The summed E-state index contributed by atoms with van der Waals surface area (Å²) in [5, 5.41) is 14.8. The number of benzene rings is 2. The van der Waals surface area contributed by atoms with Crippen LogP contribution in [0.5, 0.6) is 0 Å². The third-order valence-electron chi connectivity index (χ3n) is 4.04. The fourth-order valence-corrected chi connectivity index (χ4v) is 2.67. The molecule has 0 fully saturated rings.